The molecule has 2 rings (SSSR count). The fraction of sp³-hybridized carbons (Fsp3) is 0.529. The summed E-state index contributed by atoms with van der Waals surface area (Å²) in [4.78, 5) is 11.1. The molecule has 0 aliphatic carbocycles. The maximum absolute atomic E-state index is 13.1. The van der Waals surface area contributed by atoms with Crippen molar-refractivity contribution in [2.75, 3.05) is 13.2 Å². The predicted octanol–water partition coefficient (Wildman–Crippen LogP) is 4.01. The molecule has 22 heavy (non-hydrogen) atoms. The van der Waals surface area contributed by atoms with E-state index in [9.17, 15) is 9.18 Å². The van der Waals surface area contributed by atoms with Crippen molar-refractivity contribution in [1.82, 2.24) is 0 Å². The van der Waals surface area contributed by atoms with Crippen LogP contribution in [0.3, 0.4) is 0 Å². The van der Waals surface area contributed by atoms with Gasteiger partial charge in [-0.3, -0.25) is 5.92 Å². The molecular formula is C17H24FO3Y-. The molecule has 1 aromatic rings. The number of hydrogen-bond donors (Lipinski definition) is 0. The van der Waals surface area contributed by atoms with Crippen molar-refractivity contribution in [3.8, 4) is 0 Å². The molecule has 1 aliphatic rings. The first-order chi connectivity index (χ1) is 9.52. The van der Waals surface area contributed by atoms with E-state index in [-0.39, 0.29) is 51.7 Å². The van der Waals surface area contributed by atoms with Crippen molar-refractivity contribution < 1.29 is 51.4 Å². The number of carbonyl (C=O) groups is 1. The molecule has 1 heterocycles. The number of ether oxygens (including phenoxy) is 2. The zero-order chi connectivity index (χ0) is 14.6. The first kappa shape index (κ1) is 21.8. The summed E-state index contributed by atoms with van der Waals surface area (Å²) in [5.41, 5.74) is 0.801. The van der Waals surface area contributed by atoms with Crippen LogP contribution in [0.5, 0.6) is 0 Å². The summed E-state index contributed by atoms with van der Waals surface area (Å²) in [7, 11) is 0. The Morgan fingerprint density at radius 2 is 1.82 bits per heavy atom. The molecule has 0 spiro atoms. The second-order valence-electron chi connectivity index (χ2n) is 5.35. The Hall–Kier alpha value is -0.156. The number of carbonyl (C=O) groups excluding carboxylic acids is 1. The molecule has 0 aromatic heterocycles. The maximum atomic E-state index is 13.1. The van der Waals surface area contributed by atoms with E-state index in [1.54, 1.807) is 19.1 Å². The molecule has 121 valence electrons. The first-order valence-corrected chi connectivity index (χ1v) is 6.86. The fourth-order valence-electron chi connectivity index (χ4n) is 2.29. The number of Topliss-reactive ketones (excluding diaryl/α,β-unsaturated/α-hetero) is 1. The van der Waals surface area contributed by atoms with E-state index in [0.717, 1.165) is 11.5 Å². The van der Waals surface area contributed by atoms with Gasteiger partial charge in [-0.1, -0.05) is 32.8 Å². The van der Waals surface area contributed by atoms with E-state index in [2.05, 4.69) is 0 Å². The van der Waals surface area contributed by atoms with Gasteiger partial charge in [0, 0.05) is 51.1 Å². The van der Waals surface area contributed by atoms with Crippen LogP contribution in [0.4, 0.5) is 4.39 Å². The van der Waals surface area contributed by atoms with Gasteiger partial charge in [0.2, 0.25) is 0 Å². The van der Waals surface area contributed by atoms with E-state index in [4.69, 9.17) is 9.47 Å². The second kappa shape index (κ2) is 9.87. The van der Waals surface area contributed by atoms with Crippen LogP contribution < -0.4 is 0 Å². The van der Waals surface area contributed by atoms with Crippen molar-refractivity contribution in [2.45, 2.75) is 46.3 Å². The van der Waals surface area contributed by atoms with Crippen LogP contribution in [-0.4, -0.2) is 19.0 Å². The summed E-state index contributed by atoms with van der Waals surface area (Å²) in [6, 6.07) is 6.17. The maximum Gasteiger partial charge on any atom is 0.189 e. The molecule has 3 nitrogen and oxygen atoms in total. The SMILES string of the molecule is C.CC(=O)CCCC1(c2ccc(F)cc2)OC[C-](C)CO1.[Y]. The van der Waals surface area contributed by atoms with E-state index < -0.39 is 5.79 Å². The smallest absolute Gasteiger partial charge is 0.189 e. The van der Waals surface area contributed by atoms with Gasteiger partial charge in [0.05, 0.1) is 0 Å². The molecule has 0 bridgehead atoms. The minimum atomic E-state index is -0.858. The molecule has 1 fully saturated rings. The van der Waals surface area contributed by atoms with Gasteiger partial charge in [0.25, 0.3) is 0 Å². The summed E-state index contributed by atoms with van der Waals surface area (Å²) < 4.78 is 24.9. The molecule has 0 saturated carbocycles. The monoisotopic (exact) mass is 384 g/mol. The second-order valence-corrected chi connectivity index (χ2v) is 5.35. The third-order valence-corrected chi connectivity index (χ3v) is 3.42. The van der Waals surface area contributed by atoms with E-state index in [1.807, 2.05) is 6.92 Å². The summed E-state index contributed by atoms with van der Waals surface area (Å²) in [6.45, 7) is 4.60. The normalized spacial score (nSPS) is 17.2. The molecule has 0 atom stereocenters. The largest absolute Gasteiger partial charge is 0.378 e. The fourth-order valence-corrected chi connectivity index (χ4v) is 2.29. The first-order valence-electron chi connectivity index (χ1n) is 6.86. The van der Waals surface area contributed by atoms with Gasteiger partial charge in [-0.15, -0.1) is 0 Å². The van der Waals surface area contributed by atoms with Crippen LogP contribution in [0.25, 0.3) is 0 Å². The topological polar surface area (TPSA) is 35.5 Å². The average Bonchev–Trinajstić information content (AvgIpc) is 2.42. The van der Waals surface area contributed by atoms with Crippen LogP contribution in [0.1, 0.15) is 46.1 Å². The van der Waals surface area contributed by atoms with Crippen molar-refractivity contribution in [3.63, 3.8) is 0 Å². The summed E-state index contributed by atoms with van der Waals surface area (Å²) >= 11 is 0. The van der Waals surface area contributed by atoms with Crippen LogP contribution in [0.15, 0.2) is 24.3 Å². The Labute approximate surface area is 157 Å². The van der Waals surface area contributed by atoms with Gasteiger partial charge < -0.3 is 14.3 Å². The summed E-state index contributed by atoms with van der Waals surface area (Å²) in [5, 5.41) is 0. The molecule has 1 aliphatic heterocycles. The molecule has 1 saturated heterocycles. The van der Waals surface area contributed by atoms with E-state index in [1.165, 1.54) is 12.1 Å². The number of rotatable bonds is 5. The van der Waals surface area contributed by atoms with Crippen LogP contribution in [0.2, 0.25) is 0 Å². The van der Waals surface area contributed by atoms with Crippen LogP contribution in [-0.2, 0) is 52.8 Å². The molecular weight excluding hydrogens is 360 g/mol. The molecule has 0 amide bonds. The quantitative estimate of drug-likeness (QED) is 0.720. The predicted molar refractivity (Wildman–Crippen MR) is 80.2 cm³/mol. The molecule has 5 heteroatoms. The van der Waals surface area contributed by atoms with Gasteiger partial charge in [0.1, 0.15) is 11.6 Å². The molecule has 1 radical (unpaired) electrons. The minimum Gasteiger partial charge on any atom is -0.378 e. The Bertz CT molecular complexity index is 453. The van der Waals surface area contributed by atoms with Gasteiger partial charge in [0.15, 0.2) is 5.79 Å². The third kappa shape index (κ3) is 5.80. The Morgan fingerprint density at radius 3 is 2.32 bits per heavy atom. The number of hydrogen-bond acceptors (Lipinski definition) is 3. The number of ketones is 1. The Morgan fingerprint density at radius 1 is 1.27 bits per heavy atom. The van der Waals surface area contributed by atoms with Crippen LogP contribution >= 0.6 is 0 Å². The Kier molecular flexibility index (Phi) is 9.80. The third-order valence-electron chi connectivity index (χ3n) is 3.42. The van der Waals surface area contributed by atoms with E-state index in [0.29, 0.717) is 32.5 Å². The number of benzene rings is 1. The molecule has 0 N–H and O–H groups in total. The van der Waals surface area contributed by atoms with Gasteiger partial charge in [-0.25, -0.2) is 4.39 Å². The summed E-state index contributed by atoms with van der Waals surface area (Å²) in [6.07, 6.45) is 1.77. The van der Waals surface area contributed by atoms with Gasteiger partial charge in [-0.05, 0) is 25.5 Å². The van der Waals surface area contributed by atoms with Crippen LogP contribution in [0, 0.1) is 11.7 Å². The molecule has 1 aromatic carbocycles. The molecule has 0 unspecified atom stereocenters. The zero-order valence-electron chi connectivity index (χ0n) is 12.5. The van der Waals surface area contributed by atoms with Crippen molar-refractivity contribution in [2.24, 2.45) is 0 Å². The van der Waals surface area contributed by atoms with Gasteiger partial charge >= 0.3 is 0 Å². The standard InChI is InChI=1S/C16H20FO3.CH4.Y/c1-12-10-19-16(20-11-12,9-3-4-13(2)18)14-5-7-15(17)8-6-14;;/h5-8H,3-4,9-11H2,1-2H3;1H4;/q-1;;. The number of halogens is 1. The van der Waals surface area contributed by atoms with E-state index >= 15 is 0 Å². The minimum absolute atomic E-state index is 0. The average molecular weight is 384 g/mol. The van der Waals surface area contributed by atoms with Gasteiger partial charge in [-0.2, -0.15) is 6.92 Å². The van der Waals surface area contributed by atoms with Crippen molar-refractivity contribution in [3.05, 3.63) is 41.6 Å². The van der Waals surface area contributed by atoms with Crippen molar-refractivity contribution in [1.29, 1.82) is 0 Å². The summed E-state index contributed by atoms with van der Waals surface area (Å²) in [5.74, 6) is 0.126. The Balaban J connectivity index is 0.00000220. The van der Waals surface area contributed by atoms with Crippen molar-refractivity contribution >= 4 is 5.78 Å². The zero-order valence-corrected chi connectivity index (χ0v) is 15.4.